The third kappa shape index (κ3) is 15.7. The number of amides is 4. The van der Waals surface area contributed by atoms with E-state index in [1.165, 1.54) is 140 Å². The topological polar surface area (TPSA) is 283 Å². The minimum absolute atomic E-state index is 0.0778. The van der Waals surface area contributed by atoms with Crippen molar-refractivity contribution in [2.45, 2.75) is 41.8 Å². The molecule has 1 saturated heterocycles. The summed E-state index contributed by atoms with van der Waals surface area (Å²) >= 11 is 0. The Balaban J connectivity index is 1.17. The van der Waals surface area contributed by atoms with Gasteiger partial charge in [-0.25, -0.2) is 19.4 Å². The van der Waals surface area contributed by atoms with Gasteiger partial charge in [0.2, 0.25) is 30.1 Å². The van der Waals surface area contributed by atoms with E-state index in [0.29, 0.717) is 11.1 Å². The van der Waals surface area contributed by atoms with Crippen LogP contribution in [0.4, 0.5) is 18.9 Å². The fourth-order valence-electron chi connectivity index (χ4n) is 7.30. The van der Waals surface area contributed by atoms with Crippen molar-refractivity contribution in [2.75, 3.05) is 26.2 Å². The number of benzene rings is 6. The number of nitrogens with two attached hydrogens (primary N) is 1. The van der Waals surface area contributed by atoms with Crippen LogP contribution in [0.2, 0.25) is 0 Å². The van der Waals surface area contributed by atoms with Gasteiger partial charge in [-0.2, -0.15) is 21.6 Å². The number of nitrogens with zero attached hydrogens (tertiary/aromatic N) is 1. The Morgan fingerprint density at radius 2 is 0.962 bits per heavy atom. The lowest BCUT2D eigenvalue weighted by Crippen LogP contribution is -2.63. The molecule has 78 heavy (non-hydrogen) atoms. The van der Waals surface area contributed by atoms with Gasteiger partial charge in [0.05, 0.1) is 53.5 Å². The first-order chi connectivity index (χ1) is 37.3. The van der Waals surface area contributed by atoms with Crippen molar-refractivity contribution in [1.82, 2.24) is 16.0 Å². The van der Waals surface area contributed by atoms with E-state index in [2.05, 4.69) is 20.9 Å². The van der Waals surface area contributed by atoms with Gasteiger partial charge in [0.1, 0.15) is 6.10 Å². The summed E-state index contributed by atoms with van der Waals surface area (Å²) in [5.74, 6) is -8.15. The smallest absolute Gasteiger partial charge is 0.452 e. The standard InChI is InChI=1S/C54H46F3N5O15S/c55-54(56,57)53(62-39-19-11-4-12-20-39)77-52-47(76-51(69)38-17-9-3-10-18-38)46(75-50(68)37-15-7-2-8-16-37)45(74-49(67)36-13-5-1-6-14-36)41(73-52)32-72-78(70,71)40-27-25-34(26-28-40)33-21-23-35(24-22-33)48(66)61-31-44(65)60-30-43(64)59-29-42(58)63/h1-28,41,45-47,52H,29-32H2,(H2,58,63)(H,59,64)(H,60,65)(H,61,66)/t41-,45-,46+,47-,52+/m1/s1. The summed E-state index contributed by atoms with van der Waals surface area (Å²) in [6.07, 6.45) is -16.2. The number of carbonyl (C=O) groups is 7. The number of para-hydroxylation sites is 1. The van der Waals surface area contributed by atoms with Crippen molar-refractivity contribution in [2.24, 2.45) is 10.7 Å². The Hall–Kier alpha value is -9.26. The number of nitrogens with one attached hydrogen (secondary N) is 3. The van der Waals surface area contributed by atoms with Gasteiger partial charge in [-0.15, -0.1) is 0 Å². The maximum Gasteiger partial charge on any atom is 0.468 e. The number of hydrogen-bond donors (Lipinski definition) is 4. The van der Waals surface area contributed by atoms with E-state index in [4.69, 9.17) is 33.6 Å². The number of alkyl halides is 3. The highest BCUT2D eigenvalue weighted by atomic mass is 32.2. The Morgan fingerprint density at radius 3 is 1.45 bits per heavy atom. The minimum Gasteiger partial charge on any atom is -0.452 e. The van der Waals surface area contributed by atoms with E-state index >= 15 is 0 Å². The van der Waals surface area contributed by atoms with Crippen LogP contribution in [-0.2, 0) is 52.4 Å². The molecule has 5 atom stereocenters. The van der Waals surface area contributed by atoms with Crippen LogP contribution in [0.1, 0.15) is 41.4 Å². The number of hydrogen-bond acceptors (Lipinski definition) is 16. The number of primary amides is 1. The van der Waals surface area contributed by atoms with Crippen molar-refractivity contribution in [3.8, 4) is 11.1 Å². The van der Waals surface area contributed by atoms with Crippen LogP contribution in [0.25, 0.3) is 11.1 Å². The lowest BCUT2D eigenvalue weighted by atomic mass is 9.97. The van der Waals surface area contributed by atoms with E-state index in [9.17, 15) is 55.2 Å². The molecule has 6 aromatic carbocycles. The number of halogens is 3. The molecule has 0 radical (unpaired) electrons. The van der Waals surface area contributed by atoms with Gasteiger partial charge in [-0.05, 0) is 83.9 Å². The van der Waals surface area contributed by atoms with Crippen molar-refractivity contribution in [3.63, 3.8) is 0 Å². The molecule has 5 N–H and O–H groups in total. The van der Waals surface area contributed by atoms with E-state index in [0.717, 1.165) is 12.1 Å². The highest BCUT2D eigenvalue weighted by Crippen LogP contribution is 2.35. The minimum atomic E-state index is -5.36. The molecule has 24 heteroatoms. The molecular weight excluding hydrogens is 1050 g/mol. The Morgan fingerprint density at radius 1 is 0.526 bits per heavy atom. The molecule has 20 nitrogen and oxygen atoms in total. The first-order valence-electron chi connectivity index (χ1n) is 23.4. The molecule has 0 spiro atoms. The number of esters is 3. The molecule has 0 bridgehead atoms. The van der Waals surface area contributed by atoms with E-state index < -0.39 is 126 Å². The molecule has 404 valence electrons. The van der Waals surface area contributed by atoms with Gasteiger partial charge < -0.3 is 45.4 Å². The Kier molecular flexibility index (Phi) is 18.8. The molecule has 6 aromatic rings. The fraction of sp³-hybridized carbons (Fsp3) is 0.185. The van der Waals surface area contributed by atoms with Crippen molar-refractivity contribution in [3.05, 3.63) is 192 Å². The molecule has 1 heterocycles. The monoisotopic (exact) mass is 1090 g/mol. The zero-order valence-corrected chi connectivity index (χ0v) is 41.4. The molecule has 0 saturated carbocycles. The number of rotatable bonds is 20. The summed E-state index contributed by atoms with van der Waals surface area (Å²) in [5.41, 5.74) is 5.53. The van der Waals surface area contributed by atoms with Crippen LogP contribution in [0.15, 0.2) is 180 Å². The third-order valence-electron chi connectivity index (χ3n) is 11.1. The van der Waals surface area contributed by atoms with E-state index in [-0.39, 0.29) is 27.9 Å². The fourth-order valence-corrected chi connectivity index (χ4v) is 8.22. The van der Waals surface area contributed by atoms with E-state index in [1.807, 2.05) is 0 Å². The van der Waals surface area contributed by atoms with Crippen molar-refractivity contribution in [1.29, 1.82) is 0 Å². The molecular formula is C54H46F3N5O15S. The predicted molar refractivity (Wildman–Crippen MR) is 269 cm³/mol. The average Bonchev–Trinajstić information content (AvgIpc) is 3.49. The summed E-state index contributed by atoms with van der Waals surface area (Å²) in [6, 6.07) is 39.5. The molecule has 1 aliphatic heterocycles. The predicted octanol–water partition coefficient (Wildman–Crippen LogP) is 5.22. The normalized spacial score (nSPS) is 17.3. The van der Waals surface area contributed by atoms with Crippen molar-refractivity contribution >= 4 is 63.2 Å². The maximum absolute atomic E-state index is 15.0. The van der Waals surface area contributed by atoms with Gasteiger partial charge in [0.25, 0.3) is 21.9 Å². The molecule has 1 aliphatic rings. The van der Waals surface area contributed by atoms with Crippen LogP contribution in [-0.4, -0.2) is 119 Å². The highest BCUT2D eigenvalue weighted by molar-refractivity contribution is 7.86. The van der Waals surface area contributed by atoms with Crippen molar-refractivity contribution < 1.29 is 83.0 Å². The second kappa shape index (κ2) is 26.0. The van der Waals surface area contributed by atoms with Crippen LogP contribution >= 0.6 is 0 Å². The maximum atomic E-state index is 15.0. The summed E-state index contributed by atoms with van der Waals surface area (Å²) in [7, 11) is -4.85. The SMILES string of the molecule is NC(=O)CNC(=O)CNC(=O)CNC(=O)c1ccc(-c2ccc(S(=O)(=O)OC[C@H]3O[C@@H](OC(=Nc4ccccc4)C(F)(F)F)[C@H](OC(=O)c4ccccc4)[C@@H](OC(=O)c4ccccc4)[C@@H]3OC(=O)c3ccccc3)cc2)cc1. The van der Waals surface area contributed by atoms with Gasteiger partial charge >= 0.3 is 24.1 Å². The lowest BCUT2D eigenvalue weighted by Gasteiger charge is -2.44. The molecule has 4 amide bonds. The molecule has 0 unspecified atom stereocenters. The van der Waals surface area contributed by atoms with Gasteiger partial charge in [-0.3, -0.25) is 23.4 Å². The zero-order chi connectivity index (χ0) is 55.8. The Labute approximate surface area is 442 Å². The lowest BCUT2D eigenvalue weighted by molar-refractivity contribution is -0.282. The second-order valence-electron chi connectivity index (χ2n) is 16.7. The number of aliphatic imine (C=N–C) groups is 1. The summed E-state index contributed by atoms with van der Waals surface area (Å²) in [6.45, 7) is -2.52. The van der Waals surface area contributed by atoms with Gasteiger partial charge in [0, 0.05) is 5.56 Å². The van der Waals surface area contributed by atoms with Crippen LogP contribution < -0.4 is 21.7 Å². The van der Waals surface area contributed by atoms with E-state index in [1.54, 1.807) is 18.2 Å². The molecule has 0 aromatic heterocycles. The van der Waals surface area contributed by atoms with Crippen LogP contribution in [0, 0.1) is 0 Å². The summed E-state index contributed by atoms with van der Waals surface area (Å²) in [5, 5.41) is 6.87. The van der Waals surface area contributed by atoms with Gasteiger partial charge in [0.15, 0.2) is 12.2 Å². The Bertz CT molecular complexity index is 3230. The first kappa shape index (κ1) is 56.5. The third-order valence-corrected chi connectivity index (χ3v) is 12.4. The van der Waals surface area contributed by atoms with Gasteiger partial charge in [-0.1, -0.05) is 97.1 Å². The largest absolute Gasteiger partial charge is 0.468 e. The number of carbonyl (C=O) groups excluding carboxylic acids is 7. The summed E-state index contributed by atoms with van der Waals surface area (Å²) in [4.78, 5) is 92.4. The van der Waals surface area contributed by atoms with Crippen LogP contribution in [0.3, 0.4) is 0 Å². The zero-order valence-electron chi connectivity index (χ0n) is 40.6. The number of ether oxygens (including phenoxy) is 5. The quantitative estimate of drug-likeness (QED) is 0.0251. The molecule has 7 rings (SSSR count). The molecule has 0 aliphatic carbocycles. The highest BCUT2D eigenvalue weighted by Gasteiger charge is 2.56. The van der Waals surface area contributed by atoms with Crippen LogP contribution in [0.5, 0.6) is 0 Å². The summed E-state index contributed by atoms with van der Waals surface area (Å²) < 4.78 is 107. The second-order valence-corrected chi connectivity index (χ2v) is 18.3. The molecule has 1 fully saturated rings. The average molecular weight is 1090 g/mol. The first-order valence-corrected chi connectivity index (χ1v) is 24.8.